The Morgan fingerprint density at radius 1 is 1.50 bits per heavy atom. The molecule has 4 nitrogen and oxygen atoms in total. The zero-order valence-corrected chi connectivity index (χ0v) is 12.7. The van der Waals surface area contributed by atoms with E-state index in [1.54, 1.807) is 24.0 Å². The van der Waals surface area contributed by atoms with E-state index in [2.05, 4.69) is 33.2 Å². The summed E-state index contributed by atoms with van der Waals surface area (Å²) in [6.45, 7) is 2.15. The third kappa shape index (κ3) is 5.73. The van der Waals surface area contributed by atoms with Crippen LogP contribution in [-0.4, -0.2) is 22.4 Å². The summed E-state index contributed by atoms with van der Waals surface area (Å²) < 4.78 is 0.731. The van der Waals surface area contributed by atoms with Crippen LogP contribution < -0.4 is 10.9 Å². The van der Waals surface area contributed by atoms with Crippen molar-refractivity contribution in [2.45, 2.75) is 26.2 Å². The summed E-state index contributed by atoms with van der Waals surface area (Å²) in [5, 5.41) is 2.62. The number of amides is 1. The van der Waals surface area contributed by atoms with E-state index in [4.69, 9.17) is 0 Å². The van der Waals surface area contributed by atoms with Crippen molar-refractivity contribution < 1.29 is 4.79 Å². The molecule has 18 heavy (non-hydrogen) atoms. The highest BCUT2D eigenvalue weighted by Crippen LogP contribution is 2.11. The maximum absolute atomic E-state index is 11.6. The molecule has 2 N–H and O–H groups in total. The first-order valence-corrected chi connectivity index (χ1v) is 7.84. The summed E-state index contributed by atoms with van der Waals surface area (Å²) in [5.74, 6) is 1.75. The predicted octanol–water partition coefficient (Wildman–Crippen LogP) is 3.00. The highest BCUT2D eigenvalue weighted by molar-refractivity contribution is 9.10. The van der Waals surface area contributed by atoms with Crippen LogP contribution in [0, 0.1) is 0 Å². The van der Waals surface area contributed by atoms with E-state index in [1.807, 2.05) is 0 Å². The number of hydrogen-bond donors (Lipinski definition) is 2. The lowest BCUT2D eigenvalue weighted by Crippen LogP contribution is -2.19. The lowest BCUT2D eigenvalue weighted by atomic mass is 10.4. The Balaban J connectivity index is 2.35. The normalized spacial score (nSPS) is 10.3. The Bertz CT molecular complexity index is 448. The fourth-order valence-corrected chi connectivity index (χ4v) is 2.65. The topological polar surface area (TPSA) is 62.0 Å². The van der Waals surface area contributed by atoms with E-state index in [1.165, 1.54) is 12.8 Å². The molecule has 0 aromatic carbocycles. The van der Waals surface area contributed by atoms with Gasteiger partial charge in [0.25, 0.3) is 5.56 Å². The van der Waals surface area contributed by atoms with Crippen molar-refractivity contribution in [3.8, 4) is 0 Å². The van der Waals surface area contributed by atoms with Crippen LogP contribution in [0.2, 0.25) is 0 Å². The van der Waals surface area contributed by atoms with Gasteiger partial charge in [0.15, 0.2) is 0 Å². The number of aromatic amines is 1. The number of nitrogens with one attached hydrogen (secondary N) is 2. The molecule has 0 fully saturated rings. The third-order valence-corrected chi connectivity index (χ3v) is 3.79. The van der Waals surface area contributed by atoms with E-state index in [9.17, 15) is 9.59 Å². The zero-order chi connectivity index (χ0) is 13.4. The van der Waals surface area contributed by atoms with Crippen LogP contribution >= 0.6 is 27.7 Å². The van der Waals surface area contributed by atoms with Crippen LogP contribution in [0.15, 0.2) is 21.5 Å². The smallest absolute Gasteiger partial charge is 0.271 e. The van der Waals surface area contributed by atoms with Crippen molar-refractivity contribution in [3.05, 3.63) is 27.1 Å². The first kappa shape index (κ1) is 15.3. The molecule has 0 aliphatic heterocycles. The summed E-state index contributed by atoms with van der Waals surface area (Å²) in [7, 11) is 0. The molecule has 1 aromatic heterocycles. The van der Waals surface area contributed by atoms with Gasteiger partial charge in [-0.3, -0.25) is 9.59 Å². The van der Waals surface area contributed by atoms with Gasteiger partial charge in [-0.05, 0) is 34.2 Å². The Labute approximate surface area is 119 Å². The highest BCUT2D eigenvalue weighted by atomic mass is 79.9. The van der Waals surface area contributed by atoms with Gasteiger partial charge in [0.2, 0.25) is 5.91 Å². The van der Waals surface area contributed by atoms with Gasteiger partial charge in [0.1, 0.15) is 5.69 Å². The monoisotopic (exact) mass is 332 g/mol. The summed E-state index contributed by atoms with van der Waals surface area (Å²) in [5.41, 5.74) is -0.00174. The minimum absolute atomic E-state index is 0.123. The zero-order valence-electron chi connectivity index (χ0n) is 10.3. The molecule has 1 amide bonds. The van der Waals surface area contributed by atoms with E-state index in [0.29, 0.717) is 6.42 Å². The van der Waals surface area contributed by atoms with Gasteiger partial charge in [-0.2, -0.15) is 11.8 Å². The van der Waals surface area contributed by atoms with Gasteiger partial charge in [-0.15, -0.1) is 0 Å². The van der Waals surface area contributed by atoms with Gasteiger partial charge >= 0.3 is 0 Å². The number of carbonyl (C=O) groups excluding carboxylic acids is 1. The minimum Gasteiger partial charge on any atom is -0.326 e. The van der Waals surface area contributed by atoms with Crippen molar-refractivity contribution in [2.75, 3.05) is 16.8 Å². The molecule has 1 heterocycles. The van der Waals surface area contributed by atoms with Crippen LogP contribution in [0.1, 0.15) is 26.2 Å². The summed E-state index contributed by atoms with van der Waals surface area (Å²) >= 11 is 5.01. The number of carbonyl (C=O) groups is 1. The SMILES string of the molecule is CCCCSCCC(=O)Nc1cc(Br)c[nH]c1=O. The summed E-state index contributed by atoms with van der Waals surface area (Å²) in [6, 6.07) is 1.60. The second-order valence-electron chi connectivity index (χ2n) is 3.82. The van der Waals surface area contributed by atoms with E-state index < -0.39 is 0 Å². The van der Waals surface area contributed by atoms with E-state index >= 15 is 0 Å². The Morgan fingerprint density at radius 2 is 2.28 bits per heavy atom. The lowest BCUT2D eigenvalue weighted by molar-refractivity contribution is -0.115. The maximum atomic E-state index is 11.6. The number of unbranched alkanes of at least 4 members (excludes halogenated alkanes) is 1. The molecule has 0 saturated carbocycles. The first-order chi connectivity index (χ1) is 8.63. The number of rotatable bonds is 7. The molecule has 0 spiro atoms. The predicted molar refractivity (Wildman–Crippen MR) is 80.2 cm³/mol. The molecule has 0 radical (unpaired) electrons. The molecule has 0 unspecified atom stereocenters. The van der Waals surface area contributed by atoms with Crippen LogP contribution in [0.25, 0.3) is 0 Å². The molecule has 0 saturated heterocycles. The minimum atomic E-state index is -0.287. The molecule has 0 aliphatic rings. The van der Waals surface area contributed by atoms with Gasteiger partial charge in [0.05, 0.1) is 0 Å². The second kappa shape index (κ2) is 8.37. The average molecular weight is 333 g/mol. The number of aromatic nitrogens is 1. The van der Waals surface area contributed by atoms with E-state index in [-0.39, 0.29) is 17.2 Å². The molecule has 6 heteroatoms. The van der Waals surface area contributed by atoms with Crippen molar-refractivity contribution in [3.63, 3.8) is 0 Å². The molecule has 1 rings (SSSR count). The van der Waals surface area contributed by atoms with Crippen molar-refractivity contribution in [2.24, 2.45) is 0 Å². The van der Waals surface area contributed by atoms with Crippen LogP contribution in [0.4, 0.5) is 5.69 Å². The van der Waals surface area contributed by atoms with Gasteiger partial charge in [0, 0.05) is 22.8 Å². The maximum Gasteiger partial charge on any atom is 0.271 e. The average Bonchev–Trinajstić information content (AvgIpc) is 2.33. The van der Waals surface area contributed by atoms with Gasteiger partial charge in [-0.1, -0.05) is 13.3 Å². The summed E-state index contributed by atoms with van der Waals surface area (Å²) in [6.07, 6.45) is 4.32. The fraction of sp³-hybridized carbons (Fsp3) is 0.500. The molecule has 0 aliphatic carbocycles. The van der Waals surface area contributed by atoms with Crippen molar-refractivity contribution >= 4 is 39.3 Å². The number of halogens is 1. The molecular formula is C12H17BrN2O2S. The number of thioether (sulfide) groups is 1. The Kier molecular flexibility index (Phi) is 7.12. The lowest BCUT2D eigenvalue weighted by Gasteiger charge is -2.04. The van der Waals surface area contributed by atoms with E-state index in [0.717, 1.165) is 16.0 Å². The number of pyridine rings is 1. The highest BCUT2D eigenvalue weighted by Gasteiger charge is 2.06. The van der Waals surface area contributed by atoms with Crippen molar-refractivity contribution in [1.29, 1.82) is 0 Å². The largest absolute Gasteiger partial charge is 0.326 e. The van der Waals surface area contributed by atoms with Crippen LogP contribution in [0.5, 0.6) is 0 Å². The number of anilines is 1. The second-order valence-corrected chi connectivity index (χ2v) is 5.97. The number of H-pyrrole nitrogens is 1. The van der Waals surface area contributed by atoms with Gasteiger partial charge < -0.3 is 10.3 Å². The summed E-state index contributed by atoms with van der Waals surface area (Å²) in [4.78, 5) is 25.6. The fourth-order valence-electron chi connectivity index (χ4n) is 1.28. The quantitative estimate of drug-likeness (QED) is 0.754. The Morgan fingerprint density at radius 3 is 3.00 bits per heavy atom. The van der Waals surface area contributed by atoms with Crippen LogP contribution in [0.3, 0.4) is 0 Å². The molecular weight excluding hydrogens is 316 g/mol. The Hall–Kier alpha value is -0.750. The molecule has 0 atom stereocenters. The first-order valence-electron chi connectivity index (χ1n) is 5.89. The van der Waals surface area contributed by atoms with Gasteiger partial charge in [-0.25, -0.2) is 0 Å². The standard InChI is InChI=1S/C12H17BrN2O2S/c1-2-3-5-18-6-4-11(16)15-10-7-9(13)8-14-12(10)17/h7-8H,2-6H2,1H3,(H,14,17)(H,15,16). The number of hydrogen-bond acceptors (Lipinski definition) is 3. The van der Waals surface area contributed by atoms with Crippen molar-refractivity contribution in [1.82, 2.24) is 4.98 Å². The molecule has 100 valence electrons. The van der Waals surface area contributed by atoms with Crippen LogP contribution in [-0.2, 0) is 4.79 Å². The molecule has 1 aromatic rings. The third-order valence-electron chi connectivity index (χ3n) is 2.26. The molecule has 0 bridgehead atoms.